The molecule has 0 amide bonds. The Bertz CT molecular complexity index is 1370. The number of ketones is 2. The van der Waals surface area contributed by atoms with Gasteiger partial charge in [-0.25, -0.2) is 4.98 Å². The fraction of sp³-hybridized carbons (Fsp3) is 0.107. The predicted octanol–water partition coefficient (Wildman–Crippen LogP) is 5.66. The van der Waals surface area contributed by atoms with Crippen LogP contribution in [0, 0.1) is 0 Å². The van der Waals surface area contributed by atoms with E-state index in [1.165, 1.54) is 19.3 Å². The van der Waals surface area contributed by atoms with Gasteiger partial charge in [-0.2, -0.15) is 5.11 Å². The number of rotatable bonds is 7. The molecule has 0 radical (unpaired) electrons. The standard InChI is InChI=1S/C17H16O4.C11H11N5.ClH/c1-4-13(11-5-7-12(20-2)8-6-11)14-9-16(19)17(21-3)10-15(14)18;12-10-7-6-9(11(13)14-10)16-15-8-4-2-1-3-5-8;/h4-10,13H,1H2,2-3H3;1-7H,(H4,12,13,14);1H. The number of ether oxygens (including phenoxy) is 2. The zero-order valence-electron chi connectivity index (χ0n) is 20.9. The minimum atomic E-state index is -0.345. The van der Waals surface area contributed by atoms with E-state index in [2.05, 4.69) is 21.8 Å². The average Bonchev–Trinajstić information content (AvgIpc) is 2.91. The minimum Gasteiger partial charge on any atom is -0.497 e. The van der Waals surface area contributed by atoms with Crippen LogP contribution in [0.2, 0.25) is 0 Å². The van der Waals surface area contributed by atoms with Crippen molar-refractivity contribution in [3.05, 3.63) is 108 Å². The second-order valence-corrected chi connectivity index (χ2v) is 7.70. The zero-order valence-corrected chi connectivity index (χ0v) is 21.7. The molecule has 1 aliphatic carbocycles. The van der Waals surface area contributed by atoms with E-state index in [-0.39, 0.29) is 41.5 Å². The molecule has 1 unspecified atom stereocenters. The molecule has 10 heteroatoms. The number of methoxy groups -OCH3 is 2. The summed E-state index contributed by atoms with van der Waals surface area (Å²) in [5.41, 5.74) is 13.6. The lowest BCUT2D eigenvalue weighted by molar-refractivity contribution is -0.117. The third-order valence-corrected chi connectivity index (χ3v) is 5.30. The van der Waals surface area contributed by atoms with Crippen molar-refractivity contribution in [2.75, 3.05) is 25.7 Å². The molecule has 1 aliphatic rings. The molecule has 4 rings (SSSR count). The second-order valence-electron chi connectivity index (χ2n) is 7.70. The Hall–Kier alpha value is -4.76. The molecule has 4 N–H and O–H groups in total. The van der Waals surface area contributed by atoms with Gasteiger partial charge >= 0.3 is 0 Å². The van der Waals surface area contributed by atoms with Gasteiger partial charge in [0.1, 0.15) is 17.3 Å². The Morgan fingerprint density at radius 2 is 1.55 bits per heavy atom. The van der Waals surface area contributed by atoms with Crippen LogP contribution in [0.4, 0.5) is 23.0 Å². The molecule has 38 heavy (non-hydrogen) atoms. The summed E-state index contributed by atoms with van der Waals surface area (Å²) < 4.78 is 9.98. The van der Waals surface area contributed by atoms with Crippen LogP contribution in [0.5, 0.6) is 5.75 Å². The summed E-state index contributed by atoms with van der Waals surface area (Å²) >= 11 is 0. The number of carbonyl (C=O) groups excluding carboxylic acids is 2. The Labute approximate surface area is 227 Å². The second kappa shape index (κ2) is 14.1. The van der Waals surface area contributed by atoms with Crippen molar-refractivity contribution in [1.82, 2.24) is 4.98 Å². The average molecular weight is 534 g/mol. The van der Waals surface area contributed by atoms with E-state index >= 15 is 0 Å². The van der Waals surface area contributed by atoms with Crippen LogP contribution in [0.25, 0.3) is 0 Å². The highest BCUT2D eigenvalue weighted by molar-refractivity contribution is 6.19. The van der Waals surface area contributed by atoms with E-state index in [0.717, 1.165) is 17.0 Å². The van der Waals surface area contributed by atoms with Crippen LogP contribution in [0.15, 0.2) is 113 Å². The van der Waals surface area contributed by atoms with E-state index in [9.17, 15) is 9.59 Å². The van der Waals surface area contributed by atoms with Crippen LogP contribution >= 0.6 is 12.4 Å². The number of halogens is 1. The summed E-state index contributed by atoms with van der Waals surface area (Å²) in [6.07, 6.45) is 4.18. The van der Waals surface area contributed by atoms with Crippen LogP contribution in [-0.4, -0.2) is 30.8 Å². The highest BCUT2D eigenvalue weighted by Gasteiger charge is 2.26. The Morgan fingerprint density at radius 1 is 0.868 bits per heavy atom. The Balaban J connectivity index is 0.000000269. The topological polar surface area (TPSA) is 142 Å². The smallest absolute Gasteiger partial charge is 0.220 e. The summed E-state index contributed by atoms with van der Waals surface area (Å²) in [5.74, 6) is 0.530. The lowest BCUT2D eigenvalue weighted by Gasteiger charge is -2.18. The normalized spacial score (nSPS) is 13.3. The third kappa shape index (κ3) is 7.62. The maximum Gasteiger partial charge on any atom is 0.220 e. The van der Waals surface area contributed by atoms with Crippen LogP contribution in [-0.2, 0) is 14.3 Å². The van der Waals surface area contributed by atoms with Gasteiger partial charge in [-0.3, -0.25) is 9.59 Å². The SMILES string of the molecule is C=CC(C1=CC(=O)C(OC)=CC1=O)c1ccc(OC)cc1.Cl.Nc1ccc(N=Nc2ccccc2)c(N)n1. The molecule has 0 saturated heterocycles. The number of hydrogen-bond acceptors (Lipinski definition) is 9. The molecule has 1 atom stereocenters. The maximum atomic E-state index is 12.2. The molecule has 0 aliphatic heterocycles. The summed E-state index contributed by atoms with van der Waals surface area (Å²) in [7, 11) is 2.95. The van der Waals surface area contributed by atoms with Crippen molar-refractivity contribution >= 4 is 47.0 Å². The zero-order chi connectivity index (χ0) is 26.8. The van der Waals surface area contributed by atoms with Gasteiger partial charge in [-0.05, 0) is 48.0 Å². The monoisotopic (exact) mass is 533 g/mol. The number of nitrogens with zero attached hydrogens (tertiary/aromatic N) is 3. The molecule has 3 aromatic rings. The highest BCUT2D eigenvalue weighted by Crippen LogP contribution is 2.30. The first-order chi connectivity index (χ1) is 17.9. The number of azo groups is 1. The number of anilines is 2. The molecule has 0 fully saturated rings. The van der Waals surface area contributed by atoms with E-state index in [1.54, 1.807) is 37.5 Å². The van der Waals surface area contributed by atoms with Crippen LogP contribution in [0.1, 0.15) is 11.5 Å². The van der Waals surface area contributed by atoms with Gasteiger partial charge in [0.05, 0.1) is 19.9 Å². The minimum absolute atomic E-state index is 0. The van der Waals surface area contributed by atoms with Crippen molar-refractivity contribution in [3.63, 3.8) is 0 Å². The third-order valence-electron chi connectivity index (χ3n) is 5.30. The number of carbonyl (C=O) groups is 2. The highest BCUT2D eigenvalue weighted by atomic mass is 35.5. The maximum absolute atomic E-state index is 12.2. The molecule has 0 saturated carbocycles. The van der Waals surface area contributed by atoms with E-state index in [4.69, 9.17) is 20.9 Å². The summed E-state index contributed by atoms with van der Waals surface area (Å²) in [6.45, 7) is 3.77. The molecule has 0 bridgehead atoms. The molecule has 9 nitrogen and oxygen atoms in total. The lowest BCUT2D eigenvalue weighted by Crippen LogP contribution is -2.18. The fourth-order valence-electron chi connectivity index (χ4n) is 3.39. The summed E-state index contributed by atoms with van der Waals surface area (Å²) in [4.78, 5) is 27.9. The number of aromatic nitrogens is 1. The predicted molar refractivity (Wildman–Crippen MR) is 150 cm³/mol. The van der Waals surface area contributed by atoms with Crippen molar-refractivity contribution < 1.29 is 19.1 Å². The molecule has 196 valence electrons. The van der Waals surface area contributed by atoms with Crippen molar-refractivity contribution in [2.24, 2.45) is 10.2 Å². The quantitative estimate of drug-likeness (QED) is 0.227. The Morgan fingerprint density at radius 3 is 2.13 bits per heavy atom. The first-order valence-corrected chi connectivity index (χ1v) is 11.2. The first kappa shape index (κ1) is 29.5. The molecule has 0 spiro atoms. The Kier molecular flexibility index (Phi) is 10.9. The van der Waals surface area contributed by atoms with Crippen molar-refractivity contribution in [3.8, 4) is 5.75 Å². The lowest BCUT2D eigenvalue weighted by atomic mass is 9.85. The van der Waals surface area contributed by atoms with Gasteiger partial charge in [0.15, 0.2) is 17.4 Å². The number of nitrogen functional groups attached to an aromatic ring is 2. The first-order valence-electron chi connectivity index (χ1n) is 11.2. The van der Waals surface area contributed by atoms with Gasteiger partial charge in [0.25, 0.3) is 0 Å². The largest absolute Gasteiger partial charge is 0.497 e. The van der Waals surface area contributed by atoms with Crippen LogP contribution in [0.3, 0.4) is 0 Å². The van der Waals surface area contributed by atoms with Crippen molar-refractivity contribution in [1.29, 1.82) is 0 Å². The molecular formula is C28H28ClN5O4. The van der Waals surface area contributed by atoms with Gasteiger partial charge < -0.3 is 20.9 Å². The van der Waals surface area contributed by atoms with E-state index in [1.807, 2.05) is 42.5 Å². The van der Waals surface area contributed by atoms with Gasteiger partial charge in [-0.1, -0.05) is 36.4 Å². The van der Waals surface area contributed by atoms with Crippen LogP contribution < -0.4 is 16.2 Å². The van der Waals surface area contributed by atoms with E-state index in [0.29, 0.717) is 17.1 Å². The molecule has 1 heterocycles. The number of pyridine rings is 1. The molecule has 1 aromatic heterocycles. The summed E-state index contributed by atoms with van der Waals surface area (Å²) in [6, 6.07) is 20.0. The van der Waals surface area contributed by atoms with E-state index < -0.39 is 0 Å². The number of benzene rings is 2. The van der Waals surface area contributed by atoms with Gasteiger partial charge in [-0.15, -0.1) is 24.1 Å². The molecule has 2 aromatic carbocycles. The summed E-state index contributed by atoms with van der Waals surface area (Å²) in [5, 5.41) is 8.03. The number of hydrogen-bond donors (Lipinski definition) is 2. The number of allylic oxidation sites excluding steroid dienone is 4. The van der Waals surface area contributed by atoms with Crippen molar-refractivity contribution in [2.45, 2.75) is 5.92 Å². The fourth-order valence-corrected chi connectivity index (χ4v) is 3.39. The number of nitrogens with two attached hydrogens (primary N) is 2. The van der Waals surface area contributed by atoms with Gasteiger partial charge in [0.2, 0.25) is 5.78 Å². The molecular weight excluding hydrogens is 506 g/mol. The van der Waals surface area contributed by atoms with Gasteiger partial charge in [0, 0.05) is 17.6 Å².